The molecule has 19 heavy (non-hydrogen) atoms. The van der Waals surface area contributed by atoms with Crippen LogP contribution in [0.5, 0.6) is 0 Å². The Bertz CT molecular complexity index is 504. The maximum atomic E-state index is 11.0. The van der Waals surface area contributed by atoms with Gasteiger partial charge in [0.2, 0.25) is 0 Å². The van der Waals surface area contributed by atoms with Gasteiger partial charge in [-0.3, -0.25) is 15.0 Å². The highest BCUT2D eigenvalue weighted by Crippen LogP contribution is 2.29. The Balaban J connectivity index is 2.28. The zero-order valence-electron chi connectivity index (χ0n) is 10.8. The molecule has 100 valence electrons. The molecule has 0 saturated carbocycles. The molecule has 1 aromatic rings. The topological polar surface area (TPSA) is 73.4 Å². The first-order valence-corrected chi connectivity index (χ1v) is 6.19. The number of nitrogens with zero attached hydrogens (tertiary/aromatic N) is 4. The van der Waals surface area contributed by atoms with Crippen LogP contribution in [0, 0.1) is 21.4 Å². The molecular formula is C13H16N4O2. The molecule has 0 bridgehead atoms. The Labute approximate surface area is 112 Å². The SMILES string of the molecule is CN1CCN(C(C#N)c2ccccc2[N+](=O)[O-])CC1. The molecule has 0 amide bonds. The number of hydrogen-bond acceptors (Lipinski definition) is 5. The number of rotatable bonds is 3. The first-order valence-electron chi connectivity index (χ1n) is 6.19. The molecule has 1 atom stereocenters. The van der Waals surface area contributed by atoms with Gasteiger partial charge in [0, 0.05) is 32.2 Å². The van der Waals surface area contributed by atoms with Crippen molar-refractivity contribution in [3.05, 3.63) is 39.9 Å². The Morgan fingerprint density at radius 1 is 1.32 bits per heavy atom. The average molecular weight is 260 g/mol. The van der Waals surface area contributed by atoms with Crippen LogP contribution in [0.4, 0.5) is 5.69 Å². The van der Waals surface area contributed by atoms with Crippen molar-refractivity contribution in [3.63, 3.8) is 0 Å². The Morgan fingerprint density at radius 2 is 1.95 bits per heavy atom. The van der Waals surface area contributed by atoms with Crippen LogP contribution in [0.15, 0.2) is 24.3 Å². The van der Waals surface area contributed by atoms with Crippen molar-refractivity contribution in [1.82, 2.24) is 9.80 Å². The van der Waals surface area contributed by atoms with Crippen LogP contribution < -0.4 is 0 Å². The summed E-state index contributed by atoms with van der Waals surface area (Å²) in [6.07, 6.45) is 0. The molecule has 1 unspecified atom stereocenters. The number of para-hydroxylation sites is 1. The number of nitriles is 1. The van der Waals surface area contributed by atoms with Gasteiger partial charge >= 0.3 is 0 Å². The molecule has 1 aromatic carbocycles. The minimum atomic E-state index is -0.546. The van der Waals surface area contributed by atoms with Crippen LogP contribution in [0.2, 0.25) is 0 Å². The van der Waals surface area contributed by atoms with E-state index < -0.39 is 11.0 Å². The second-order valence-electron chi connectivity index (χ2n) is 4.69. The van der Waals surface area contributed by atoms with E-state index in [-0.39, 0.29) is 5.69 Å². The summed E-state index contributed by atoms with van der Waals surface area (Å²) in [4.78, 5) is 14.8. The minimum Gasteiger partial charge on any atom is -0.304 e. The van der Waals surface area contributed by atoms with Gasteiger partial charge in [0.15, 0.2) is 0 Å². The molecule has 0 N–H and O–H groups in total. The van der Waals surface area contributed by atoms with E-state index in [4.69, 9.17) is 0 Å². The predicted molar refractivity (Wildman–Crippen MR) is 70.5 cm³/mol. The molecule has 1 saturated heterocycles. The lowest BCUT2D eigenvalue weighted by Crippen LogP contribution is -2.45. The van der Waals surface area contributed by atoms with Crippen molar-refractivity contribution >= 4 is 5.69 Å². The first-order chi connectivity index (χ1) is 9.13. The lowest BCUT2D eigenvalue weighted by atomic mass is 10.0. The summed E-state index contributed by atoms with van der Waals surface area (Å²) in [5.74, 6) is 0. The standard InChI is InChI=1S/C13H16N4O2/c1-15-6-8-16(9-7-15)13(10-14)11-4-2-3-5-12(11)17(18)19/h2-5,13H,6-9H2,1H3. The fraction of sp³-hybridized carbons (Fsp3) is 0.462. The van der Waals surface area contributed by atoms with E-state index in [2.05, 4.69) is 11.0 Å². The highest BCUT2D eigenvalue weighted by molar-refractivity contribution is 5.44. The van der Waals surface area contributed by atoms with Crippen molar-refractivity contribution in [2.24, 2.45) is 0 Å². The van der Waals surface area contributed by atoms with Crippen molar-refractivity contribution < 1.29 is 4.92 Å². The summed E-state index contributed by atoms with van der Waals surface area (Å²) in [6, 6.07) is 8.14. The van der Waals surface area contributed by atoms with Crippen LogP contribution in [-0.2, 0) is 0 Å². The quantitative estimate of drug-likeness (QED) is 0.606. The second kappa shape index (κ2) is 5.78. The molecule has 1 heterocycles. The van der Waals surface area contributed by atoms with Gasteiger partial charge in [0.25, 0.3) is 5.69 Å². The molecule has 2 rings (SSSR count). The van der Waals surface area contributed by atoms with Crippen molar-refractivity contribution in [2.75, 3.05) is 33.2 Å². The van der Waals surface area contributed by atoms with Crippen molar-refractivity contribution in [2.45, 2.75) is 6.04 Å². The van der Waals surface area contributed by atoms with Gasteiger partial charge in [0.05, 0.1) is 16.6 Å². The number of nitro benzene ring substituents is 1. The van der Waals surface area contributed by atoms with Gasteiger partial charge in [-0.05, 0) is 13.1 Å². The molecule has 0 spiro atoms. The minimum absolute atomic E-state index is 0.0213. The molecule has 1 aliphatic rings. The number of likely N-dealkylation sites (N-methyl/N-ethyl adjacent to an activating group) is 1. The molecule has 0 radical (unpaired) electrons. The highest BCUT2D eigenvalue weighted by atomic mass is 16.6. The highest BCUT2D eigenvalue weighted by Gasteiger charge is 2.28. The van der Waals surface area contributed by atoms with Crippen LogP contribution in [0.3, 0.4) is 0 Å². The van der Waals surface area contributed by atoms with E-state index in [0.29, 0.717) is 5.56 Å². The number of nitro groups is 1. The third-order valence-electron chi connectivity index (χ3n) is 3.45. The third-order valence-corrected chi connectivity index (χ3v) is 3.45. The summed E-state index contributed by atoms with van der Waals surface area (Å²) in [5.41, 5.74) is 0.507. The Kier molecular flexibility index (Phi) is 4.10. The Morgan fingerprint density at radius 3 is 2.53 bits per heavy atom. The van der Waals surface area contributed by atoms with Gasteiger partial charge in [0.1, 0.15) is 6.04 Å². The summed E-state index contributed by atoms with van der Waals surface area (Å²) in [5, 5.41) is 20.4. The molecule has 0 aromatic heterocycles. The first kappa shape index (κ1) is 13.5. The molecular weight excluding hydrogens is 244 g/mol. The van der Waals surface area contributed by atoms with Crippen LogP contribution in [0.1, 0.15) is 11.6 Å². The van der Waals surface area contributed by atoms with Crippen molar-refractivity contribution in [1.29, 1.82) is 5.26 Å². The molecule has 6 nitrogen and oxygen atoms in total. The molecule has 1 fully saturated rings. The molecule has 0 aliphatic carbocycles. The van der Waals surface area contributed by atoms with Gasteiger partial charge in [-0.15, -0.1) is 0 Å². The normalized spacial score (nSPS) is 18.7. The van der Waals surface area contributed by atoms with E-state index in [1.165, 1.54) is 6.07 Å². The summed E-state index contributed by atoms with van der Waals surface area (Å²) in [7, 11) is 2.03. The maximum Gasteiger partial charge on any atom is 0.275 e. The average Bonchev–Trinajstić information content (AvgIpc) is 2.42. The van der Waals surface area contributed by atoms with E-state index in [1.54, 1.807) is 18.2 Å². The van der Waals surface area contributed by atoms with Gasteiger partial charge < -0.3 is 4.90 Å². The van der Waals surface area contributed by atoms with E-state index in [1.807, 2.05) is 11.9 Å². The van der Waals surface area contributed by atoms with E-state index in [0.717, 1.165) is 26.2 Å². The van der Waals surface area contributed by atoms with Gasteiger partial charge in [-0.1, -0.05) is 12.1 Å². The zero-order valence-corrected chi connectivity index (χ0v) is 10.8. The van der Waals surface area contributed by atoms with Crippen LogP contribution in [0.25, 0.3) is 0 Å². The smallest absolute Gasteiger partial charge is 0.275 e. The number of piperazine rings is 1. The monoisotopic (exact) mass is 260 g/mol. The zero-order chi connectivity index (χ0) is 13.8. The second-order valence-corrected chi connectivity index (χ2v) is 4.69. The summed E-state index contributed by atoms with van der Waals surface area (Å²) in [6.45, 7) is 3.25. The summed E-state index contributed by atoms with van der Waals surface area (Å²) < 4.78 is 0. The molecule has 6 heteroatoms. The lowest BCUT2D eigenvalue weighted by molar-refractivity contribution is -0.385. The fourth-order valence-corrected chi connectivity index (χ4v) is 2.31. The molecule has 1 aliphatic heterocycles. The van der Waals surface area contributed by atoms with Crippen molar-refractivity contribution in [3.8, 4) is 6.07 Å². The van der Waals surface area contributed by atoms with E-state index in [9.17, 15) is 15.4 Å². The lowest BCUT2D eigenvalue weighted by Gasteiger charge is -2.34. The van der Waals surface area contributed by atoms with Gasteiger partial charge in [-0.25, -0.2) is 0 Å². The van der Waals surface area contributed by atoms with Crippen LogP contribution >= 0.6 is 0 Å². The predicted octanol–water partition coefficient (Wildman–Crippen LogP) is 1.41. The van der Waals surface area contributed by atoms with Gasteiger partial charge in [-0.2, -0.15) is 5.26 Å². The maximum absolute atomic E-state index is 11.0. The third kappa shape index (κ3) is 2.89. The summed E-state index contributed by atoms with van der Waals surface area (Å²) >= 11 is 0. The largest absolute Gasteiger partial charge is 0.304 e. The fourth-order valence-electron chi connectivity index (χ4n) is 2.31. The number of benzene rings is 1. The Hall–Kier alpha value is -1.97. The van der Waals surface area contributed by atoms with Crippen LogP contribution in [-0.4, -0.2) is 47.9 Å². The number of hydrogen-bond donors (Lipinski definition) is 0. The van der Waals surface area contributed by atoms with E-state index >= 15 is 0 Å².